The Morgan fingerprint density at radius 3 is 2.00 bits per heavy atom. The number of alkyl carbamates (subject to hydrolysis) is 1. The molecule has 0 saturated carbocycles. The summed E-state index contributed by atoms with van der Waals surface area (Å²) in [5, 5.41) is 12.0. The van der Waals surface area contributed by atoms with E-state index in [0.29, 0.717) is 0 Å². The van der Waals surface area contributed by atoms with Crippen molar-refractivity contribution in [2.45, 2.75) is 46.6 Å². The molecule has 0 fully saturated rings. The van der Waals surface area contributed by atoms with Crippen molar-refractivity contribution >= 4 is 18.0 Å². The van der Waals surface area contributed by atoms with Crippen LogP contribution in [-0.2, 0) is 14.3 Å². The molecule has 7 nitrogen and oxygen atoms in total. The number of aliphatic carboxylic acids is 1. The van der Waals surface area contributed by atoms with Crippen LogP contribution in [0.15, 0.2) is 48.5 Å². The number of benzene rings is 2. The summed E-state index contributed by atoms with van der Waals surface area (Å²) < 4.78 is 5.60. The van der Waals surface area contributed by atoms with Gasteiger partial charge in [0.15, 0.2) is 0 Å². The summed E-state index contributed by atoms with van der Waals surface area (Å²) in [5.41, 5.74) is 4.18. The third-order valence-electron chi connectivity index (χ3n) is 5.85. The zero-order chi connectivity index (χ0) is 25.0. The number of ether oxygens (including phenoxy) is 1. The Labute approximate surface area is 201 Å². The highest BCUT2D eigenvalue weighted by atomic mass is 16.5. The molecule has 2 aromatic carbocycles. The van der Waals surface area contributed by atoms with Crippen LogP contribution < -0.4 is 5.32 Å². The molecule has 0 heterocycles. The standard InChI is InChI=1S/C27H34N2O5/c1-17(2)24(25(32)29(14-23(30)31)16-27(3,4)5)28-26(33)34-15-22-20-12-8-6-10-18(20)19-11-7-9-13-21(19)22/h6-13,17,22,24H,14-16H2,1-5H3,(H,28,33)(H,30,31). The van der Waals surface area contributed by atoms with E-state index in [1.807, 2.05) is 71.0 Å². The highest BCUT2D eigenvalue weighted by Gasteiger charge is 2.33. The number of carbonyl (C=O) groups excluding carboxylic acids is 2. The van der Waals surface area contributed by atoms with Gasteiger partial charge in [-0.3, -0.25) is 9.59 Å². The number of hydrogen-bond acceptors (Lipinski definition) is 4. The van der Waals surface area contributed by atoms with Crippen LogP contribution in [0, 0.1) is 11.3 Å². The van der Waals surface area contributed by atoms with Crippen LogP contribution in [0.2, 0.25) is 0 Å². The van der Waals surface area contributed by atoms with E-state index in [0.717, 1.165) is 22.3 Å². The Morgan fingerprint density at radius 1 is 1.00 bits per heavy atom. The number of nitrogens with zero attached hydrogens (tertiary/aromatic N) is 1. The van der Waals surface area contributed by atoms with Gasteiger partial charge in [-0.15, -0.1) is 0 Å². The number of nitrogens with one attached hydrogen (secondary N) is 1. The average molecular weight is 467 g/mol. The van der Waals surface area contributed by atoms with E-state index in [1.165, 1.54) is 4.90 Å². The fourth-order valence-electron chi connectivity index (χ4n) is 4.42. The second kappa shape index (κ2) is 10.3. The molecule has 1 aliphatic carbocycles. The largest absolute Gasteiger partial charge is 0.480 e. The van der Waals surface area contributed by atoms with E-state index in [9.17, 15) is 19.5 Å². The molecule has 0 saturated heterocycles. The van der Waals surface area contributed by atoms with Gasteiger partial charge in [-0.25, -0.2) is 4.79 Å². The Kier molecular flexibility index (Phi) is 7.64. The molecule has 0 aliphatic heterocycles. The van der Waals surface area contributed by atoms with Crippen molar-refractivity contribution in [2.75, 3.05) is 19.7 Å². The van der Waals surface area contributed by atoms with E-state index in [1.54, 1.807) is 0 Å². The fraction of sp³-hybridized carbons (Fsp3) is 0.444. The molecule has 2 aromatic rings. The van der Waals surface area contributed by atoms with Crippen molar-refractivity contribution in [3.05, 3.63) is 59.7 Å². The van der Waals surface area contributed by atoms with Crippen LogP contribution in [-0.4, -0.2) is 53.7 Å². The second-order valence-electron chi connectivity index (χ2n) is 10.3. The molecule has 0 radical (unpaired) electrons. The number of carbonyl (C=O) groups is 3. The van der Waals surface area contributed by atoms with Gasteiger partial charge in [-0.1, -0.05) is 83.1 Å². The molecular formula is C27H34N2O5. The highest BCUT2D eigenvalue weighted by molar-refractivity contribution is 5.88. The molecule has 2 amide bonds. The van der Waals surface area contributed by atoms with Crippen molar-refractivity contribution in [3.8, 4) is 11.1 Å². The summed E-state index contributed by atoms with van der Waals surface area (Å²) in [5.74, 6) is -1.86. The van der Waals surface area contributed by atoms with Gasteiger partial charge in [0.25, 0.3) is 0 Å². The van der Waals surface area contributed by atoms with E-state index in [-0.39, 0.29) is 30.4 Å². The minimum absolute atomic E-state index is 0.0873. The zero-order valence-electron chi connectivity index (χ0n) is 20.5. The van der Waals surface area contributed by atoms with Gasteiger partial charge in [0, 0.05) is 12.5 Å². The number of hydrogen-bond donors (Lipinski definition) is 2. The summed E-state index contributed by atoms with van der Waals surface area (Å²) in [7, 11) is 0. The lowest BCUT2D eigenvalue weighted by atomic mass is 9.94. The minimum atomic E-state index is -1.10. The first-order chi connectivity index (χ1) is 16.0. The van der Waals surface area contributed by atoms with Gasteiger partial charge in [-0.2, -0.15) is 0 Å². The number of rotatable bonds is 8. The summed E-state index contributed by atoms with van der Waals surface area (Å²) in [6, 6.07) is 15.2. The molecule has 2 N–H and O–H groups in total. The maximum absolute atomic E-state index is 13.2. The van der Waals surface area contributed by atoms with Gasteiger partial charge < -0.3 is 20.1 Å². The van der Waals surface area contributed by atoms with Crippen molar-refractivity contribution in [3.63, 3.8) is 0 Å². The maximum Gasteiger partial charge on any atom is 0.407 e. The van der Waals surface area contributed by atoms with Gasteiger partial charge >= 0.3 is 12.1 Å². The van der Waals surface area contributed by atoms with Gasteiger partial charge in [0.1, 0.15) is 19.2 Å². The summed E-state index contributed by atoms with van der Waals surface area (Å²) >= 11 is 0. The molecule has 0 spiro atoms. The van der Waals surface area contributed by atoms with Crippen molar-refractivity contribution < 1.29 is 24.2 Å². The van der Waals surface area contributed by atoms with E-state index < -0.39 is 30.6 Å². The Bertz CT molecular complexity index is 1010. The van der Waals surface area contributed by atoms with Crippen LogP contribution in [0.3, 0.4) is 0 Å². The highest BCUT2D eigenvalue weighted by Crippen LogP contribution is 2.44. The summed E-state index contributed by atoms with van der Waals surface area (Å²) in [6.45, 7) is 9.37. The monoisotopic (exact) mass is 466 g/mol. The molecule has 182 valence electrons. The minimum Gasteiger partial charge on any atom is -0.480 e. The molecule has 1 aliphatic rings. The zero-order valence-corrected chi connectivity index (χ0v) is 20.5. The Hall–Kier alpha value is -3.35. The van der Waals surface area contributed by atoms with E-state index >= 15 is 0 Å². The van der Waals surface area contributed by atoms with Crippen LogP contribution in [0.4, 0.5) is 4.79 Å². The number of amides is 2. The quantitative estimate of drug-likeness (QED) is 0.597. The van der Waals surface area contributed by atoms with Gasteiger partial charge in [0.2, 0.25) is 5.91 Å². The smallest absolute Gasteiger partial charge is 0.407 e. The number of fused-ring (bicyclic) bond motifs is 3. The predicted molar refractivity (Wildman–Crippen MR) is 131 cm³/mol. The van der Waals surface area contributed by atoms with E-state index in [2.05, 4.69) is 17.4 Å². The molecule has 1 unspecified atom stereocenters. The second-order valence-corrected chi connectivity index (χ2v) is 10.3. The topological polar surface area (TPSA) is 95.9 Å². The van der Waals surface area contributed by atoms with Crippen LogP contribution in [0.5, 0.6) is 0 Å². The molecular weight excluding hydrogens is 432 g/mol. The first-order valence-corrected chi connectivity index (χ1v) is 11.6. The predicted octanol–water partition coefficient (Wildman–Crippen LogP) is 4.51. The molecule has 0 aromatic heterocycles. The molecule has 3 rings (SSSR count). The molecule has 1 atom stereocenters. The first-order valence-electron chi connectivity index (χ1n) is 11.6. The van der Waals surface area contributed by atoms with Gasteiger partial charge in [-0.05, 0) is 33.6 Å². The Balaban J connectivity index is 1.71. The molecule has 0 bridgehead atoms. The van der Waals surface area contributed by atoms with E-state index in [4.69, 9.17) is 4.74 Å². The van der Waals surface area contributed by atoms with Crippen molar-refractivity contribution in [1.29, 1.82) is 0 Å². The fourth-order valence-corrected chi connectivity index (χ4v) is 4.42. The Morgan fingerprint density at radius 2 is 1.53 bits per heavy atom. The summed E-state index contributed by atoms with van der Waals surface area (Å²) in [6.07, 6.45) is -0.694. The third-order valence-corrected chi connectivity index (χ3v) is 5.85. The van der Waals surface area contributed by atoms with Crippen LogP contribution in [0.1, 0.15) is 51.7 Å². The van der Waals surface area contributed by atoms with Crippen LogP contribution >= 0.6 is 0 Å². The lowest BCUT2D eigenvalue weighted by Crippen LogP contribution is -2.54. The SMILES string of the molecule is CC(C)C(NC(=O)OCC1c2ccccc2-c2ccccc21)C(=O)N(CC(=O)O)CC(C)(C)C. The maximum atomic E-state index is 13.2. The molecule has 7 heteroatoms. The van der Waals surface area contributed by atoms with Crippen molar-refractivity contribution in [2.24, 2.45) is 11.3 Å². The number of carboxylic acid groups (broad SMARTS) is 1. The number of carboxylic acids is 1. The lowest BCUT2D eigenvalue weighted by Gasteiger charge is -2.33. The lowest BCUT2D eigenvalue weighted by molar-refractivity contribution is -0.146. The summed E-state index contributed by atoms with van der Waals surface area (Å²) in [4.78, 5) is 38.6. The van der Waals surface area contributed by atoms with Crippen LogP contribution in [0.25, 0.3) is 11.1 Å². The normalized spacial score (nSPS) is 13.7. The van der Waals surface area contributed by atoms with Gasteiger partial charge in [0.05, 0.1) is 0 Å². The third kappa shape index (κ3) is 5.95. The first kappa shape index (κ1) is 25.3. The molecule has 34 heavy (non-hydrogen) atoms. The van der Waals surface area contributed by atoms with Crippen molar-refractivity contribution in [1.82, 2.24) is 10.2 Å². The average Bonchev–Trinajstić information content (AvgIpc) is 3.07.